The lowest BCUT2D eigenvalue weighted by Crippen LogP contribution is -2.06. The second kappa shape index (κ2) is 6.77. The minimum Gasteiger partial charge on any atom is -0.388 e. The molecular weight excluding hydrogens is 236 g/mol. The van der Waals surface area contributed by atoms with E-state index in [2.05, 4.69) is 0 Å². The minimum atomic E-state index is -0.470. The summed E-state index contributed by atoms with van der Waals surface area (Å²) in [5.41, 5.74) is 1.55. The molecule has 1 aromatic rings. The molecule has 1 atom stereocenters. The third-order valence-corrected chi connectivity index (χ3v) is 3.01. The minimum absolute atomic E-state index is 0.108. The van der Waals surface area contributed by atoms with Crippen molar-refractivity contribution in [3.05, 3.63) is 35.4 Å². The zero-order valence-electron chi connectivity index (χ0n) is 10.3. The van der Waals surface area contributed by atoms with Gasteiger partial charge in [0.1, 0.15) is 0 Å². The van der Waals surface area contributed by atoms with E-state index >= 15 is 0 Å². The monoisotopic (exact) mass is 254 g/mol. The van der Waals surface area contributed by atoms with Crippen LogP contribution in [0.4, 0.5) is 0 Å². The lowest BCUT2D eigenvalue weighted by atomic mass is 9.97. The number of aliphatic hydroxyl groups excluding tert-OH is 1. The topological polar surface area (TPSA) is 37.3 Å². The Balaban J connectivity index is 2.71. The summed E-state index contributed by atoms with van der Waals surface area (Å²) in [6.45, 7) is 3.93. The van der Waals surface area contributed by atoms with E-state index in [-0.39, 0.29) is 11.7 Å². The normalized spacial score (nSPS) is 12.8. The van der Waals surface area contributed by atoms with Crippen molar-refractivity contribution in [3.8, 4) is 0 Å². The summed E-state index contributed by atoms with van der Waals surface area (Å²) in [6.07, 6.45) is 0.716. The molecule has 0 spiro atoms. The molecular formula is C14H19ClO2. The third kappa shape index (κ3) is 4.14. The van der Waals surface area contributed by atoms with Gasteiger partial charge in [0.2, 0.25) is 0 Å². The fraction of sp³-hybridized carbons (Fsp3) is 0.500. The number of benzene rings is 1. The average Bonchev–Trinajstić information content (AvgIpc) is 2.35. The summed E-state index contributed by atoms with van der Waals surface area (Å²) in [7, 11) is 0. The fourth-order valence-corrected chi connectivity index (χ4v) is 1.76. The van der Waals surface area contributed by atoms with Gasteiger partial charge in [-0.1, -0.05) is 38.1 Å². The molecule has 0 amide bonds. The van der Waals surface area contributed by atoms with Gasteiger partial charge >= 0.3 is 0 Å². The smallest absolute Gasteiger partial charge is 0.162 e. The van der Waals surface area contributed by atoms with E-state index in [1.807, 2.05) is 26.0 Å². The highest BCUT2D eigenvalue weighted by Gasteiger charge is 2.12. The predicted octanol–water partition coefficient (Wildman–Crippen LogP) is 3.58. The van der Waals surface area contributed by atoms with Crippen LogP contribution >= 0.6 is 11.6 Å². The molecule has 0 heterocycles. The van der Waals surface area contributed by atoms with Crippen LogP contribution in [-0.2, 0) is 0 Å². The maximum absolute atomic E-state index is 11.7. The molecule has 0 bridgehead atoms. The second-order valence-electron chi connectivity index (χ2n) is 4.53. The summed E-state index contributed by atoms with van der Waals surface area (Å²) in [4.78, 5) is 11.7. The first-order valence-electron chi connectivity index (χ1n) is 5.93. The van der Waals surface area contributed by atoms with Crippen LogP contribution in [0.15, 0.2) is 24.3 Å². The van der Waals surface area contributed by atoms with Crippen LogP contribution in [0.1, 0.15) is 48.7 Å². The second-order valence-corrected chi connectivity index (χ2v) is 4.90. The molecule has 0 aliphatic rings. The van der Waals surface area contributed by atoms with Gasteiger partial charge in [-0.3, -0.25) is 4.79 Å². The van der Waals surface area contributed by atoms with Gasteiger partial charge in [-0.2, -0.15) is 0 Å². The number of alkyl halides is 1. The summed E-state index contributed by atoms with van der Waals surface area (Å²) in [5.74, 6) is 0.791. The van der Waals surface area contributed by atoms with E-state index in [0.717, 1.165) is 5.56 Å². The van der Waals surface area contributed by atoms with Gasteiger partial charge in [0.05, 0.1) is 6.10 Å². The molecule has 0 saturated heterocycles. The van der Waals surface area contributed by atoms with E-state index in [0.29, 0.717) is 24.3 Å². The Morgan fingerprint density at radius 1 is 1.29 bits per heavy atom. The van der Waals surface area contributed by atoms with Crippen molar-refractivity contribution in [2.24, 2.45) is 5.92 Å². The summed E-state index contributed by atoms with van der Waals surface area (Å²) in [6, 6.07) is 7.19. The highest BCUT2D eigenvalue weighted by atomic mass is 35.5. The van der Waals surface area contributed by atoms with Gasteiger partial charge < -0.3 is 5.11 Å². The van der Waals surface area contributed by atoms with Crippen molar-refractivity contribution >= 4 is 17.4 Å². The third-order valence-electron chi connectivity index (χ3n) is 2.74. The maximum atomic E-state index is 11.7. The molecule has 0 aromatic heterocycles. The first-order chi connectivity index (χ1) is 8.06. The maximum Gasteiger partial charge on any atom is 0.162 e. The molecule has 1 unspecified atom stereocenters. The van der Waals surface area contributed by atoms with Crippen LogP contribution < -0.4 is 0 Å². The van der Waals surface area contributed by atoms with E-state index in [1.54, 1.807) is 12.1 Å². The van der Waals surface area contributed by atoms with Crippen molar-refractivity contribution in [2.75, 3.05) is 5.88 Å². The number of carbonyl (C=O) groups is 1. The molecule has 0 saturated carbocycles. The Kier molecular flexibility index (Phi) is 5.66. The molecule has 1 aromatic carbocycles. The van der Waals surface area contributed by atoms with Crippen LogP contribution in [0.3, 0.4) is 0 Å². The van der Waals surface area contributed by atoms with Crippen molar-refractivity contribution in [1.82, 2.24) is 0 Å². The van der Waals surface area contributed by atoms with Gasteiger partial charge in [0.25, 0.3) is 0 Å². The Morgan fingerprint density at radius 3 is 2.35 bits per heavy atom. The highest BCUT2D eigenvalue weighted by Crippen LogP contribution is 2.21. The van der Waals surface area contributed by atoms with E-state index in [9.17, 15) is 9.90 Å². The van der Waals surface area contributed by atoms with Crippen molar-refractivity contribution in [1.29, 1.82) is 0 Å². The SMILES string of the molecule is CC(C)C(O)c1ccc(C(=O)CCCCl)cc1. The summed E-state index contributed by atoms with van der Waals surface area (Å²) >= 11 is 5.55. The number of rotatable bonds is 6. The van der Waals surface area contributed by atoms with E-state index in [1.165, 1.54) is 0 Å². The van der Waals surface area contributed by atoms with Crippen LogP contribution in [0, 0.1) is 5.92 Å². The van der Waals surface area contributed by atoms with Gasteiger partial charge in [0.15, 0.2) is 5.78 Å². The summed E-state index contributed by atoms with van der Waals surface area (Å²) < 4.78 is 0. The molecule has 1 rings (SSSR count). The number of Topliss-reactive ketones (excluding diaryl/α,β-unsaturated/α-hetero) is 1. The molecule has 0 radical (unpaired) electrons. The van der Waals surface area contributed by atoms with Gasteiger partial charge in [-0.25, -0.2) is 0 Å². The lowest BCUT2D eigenvalue weighted by molar-refractivity contribution is 0.0981. The van der Waals surface area contributed by atoms with Crippen LogP contribution in [0.25, 0.3) is 0 Å². The zero-order valence-corrected chi connectivity index (χ0v) is 11.1. The Hall–Kier alpha value is -0.860. The predicted molar refractivity (Wildman–Crippen MR) is 70.5 cm³/mol. The quantitative estimate of drug-likeness (QED) is 0.622. The number of carbonyl (C=O) groups excluding carboxylic acids is 1. The highest BCUT2D eigenvalue weighted by molar-refractivity contribution is 6.18. The first-order valence-corrected chi connectivity index (χ1v) is 6.47. The Labute approximate surface area is 108 Å². The number of aliphatic hydroxyl groups is 1. The zero-order chi connectivity index (χ0) is 12.8. The van der Waals surface area contributed by atoms with Crippen LogP contribution in [-0.4, -0.2) is 16.8 Å². The number of halogens is 1. The Morgan fingerprint density at radius 2 is 1.88 bits per heavy atom. The Bertz CT molecular complexity index is 357. The molecule has 17 heavy (non-hydrogen) atoms. The number of ketones is 1. The van der Waals surface area contributed by atoms with Crippen LogP contribution in [0.5, 0.6) is 0 Å². The standard InChI is InChI=1S/C14H19ClO2/c1-10(2)14(17)12-7-5-11(6-8-12)13(16)4-3-9-15/h5-8,10,14,17H,3-4,9H2,1-2H3. The van der Waals surface area contributed by atoms with Gasteiger partial charge in [0, 0.05) is 17.9 Å². The molecule has 1 N–H and O–H groups in total. The first kappa shape index (κ1) is 14.2. The van der Waals surface area contributed by atoms with Crippen molar-refractivity contribution in [3.63, 3.8) is 0 Å². The average molecular weight is 255 g/mol. The molecule has 3 heteroatoms. The molecule has 0 aliphatic carbocycles. The van der Waals surface area contributed by atoms with Crippen molar-refractivity contribution < 1.29 is 9.90 Å². The molecule has 94 valence electrons. The molecule has 0 aliphatic heterocycles. The fourth-order valence-electron chi connectivity index (χ4n) is 1.62. The van der Waals surface area contributed by atoms with Crippen LogP contribution in [0.2, 0.25) is 0 Å². The number of hydrogen-bond acceptors (Lipinski definition) is 2. The van der Waals surface area contributed by atoms with Gasteiger partial charge in [-0.05, 0) is 17.9 Å². The van der Waals surface area contributed by atoms with E-state index < -0.39 is 6.10 Å². The molecule has 2 nitrogen and oxygen atoms in total. The van der Waals surface area contributed by atoms with Crippen molar-refractivity contribution in [2.45, 2.75) is 32.8 Å². The largest absolute Gasteiger partial charge is 0.388 e. The number of hydrogen-bond donors (Lipinski definition) is 1. The molecule has 0 fully saturated rings. The van der Waals surface area contributed by atoms with Gasteiger partial charge in [-0.15, -0.1) is 11.6 Å². The van der Waals surface area contributed by atoms with E-state index in [4.69, 9.17) is 11.6 Å². The lowest BCUT2D eigenvalue weighted by Gasteiger charge is -2.14. The summed E-state index contributed by atoms with van der Waals surface area (Å²) in [5, 5.41) is 9.87.